The standard InChI is InChI=1S/C24H24N4O4/c1-31-20-10-8-19(9-11-20)26-23(29)17-4-6-18(7-5-17)27-24(30)21-3-2-12-25-22(21)28-13-15-32-16-14-28/h2-12H,13-16H2,1H3,(H,26,29)(H,27,30). The Morgan fingerprint density at radius 1 is 0.906 bits per heavy atom. The lowest BCUT2D eigenvalue weighted by atomic mass is 10.1. The van der Waals surface area contributed by atoms with Gasteiger partial charge in [-0.1, -0.05) is 0 Å². The molecule has 0 aliphatic carbocycles. The van der Waals surface area contributed by atoms with E-state index in [1.54, 1.807) is 74.0 Å². The Morgan fingerprint density at radius 2 is 1.53 bits per heavy atom. The molecule has 2 N–H and O–H groups in total. The second kappa shape index (κ2) is 9.93. The molecular weight excluding hydrogens is 408 g/mol. The molecule has 1 fully saturated rings. The number of benzene rings is 2. The van der Waals surface area contributed by atoms with Crippen LogP contribution in [0.15, 0.2) is 66.9 Å². The molecule has 2 aromatic carbocycles. The van der Waals surface area contributed by atoms with Crippen molar-refractivity contribution in [3.8, 4) is 5.75 Å². The van der Waals surface area contributed by atoms with Crippen molar-refractivity contribution < 1.29 is 19.1 Å². The number of rotatable bonds is 6. The van der Waals surface area contributed by atoms with Crippen molar-refractivity contribution >= 4 is 29.0 Å². The number of hydrogen-bond acceptors (Lipinski definition) is 6. The fourth-order valence-corrected chi connectivity index (χ4v) is 3.38. The zero-order chi connectivity index (χ0) is 22.3. The molecule has 8 heteroatoms. The first kappa shape index (κ1) is 21.3. The lowest BCUT2D eigenvalue weighted by Gasteiger charge is -2.29. The van der Waals surface area contributed by atoms with Crippen molar-refractivity contribution in [2.24, 2.45) is 0 Å². The Labute approximate surface area is 186 Å². The fourth-order valence-electron chi connectivity index (χ4n) is 3.38. The van der Waals surface area contributed by atoms with Gasteiger partial charge >= 0.3 is 0 Å². The first-order chi connectivity index (χ1) is 15.6. The Hall–Kier alpha value is -3.91. The van der Waals surface area contributed by atoms with Crippen LogP contribution in [0.5, 0.6) is 5.75 Å². The molecule has 2 heterocycles. The number of morpholine rings is 1. The van der Waals surface area contributed by atoms with E-state index in [0.717, 1.165) is 0 Å². The number of carbonyl (C=O) groups is 2. The number of nitrogens with zero attached hydrogens (tertiary/aromatic N) is 2. The van der Waals surface area contributed by atoms with E-state index >= 15 is 0 Å². The molecule has 2 amide bonds. The van der Waals surface area contributed by atoms with Crippen LogP contribution in [0.1, 0.15) is 20.7 Å². The highest BCUT2D eigenvalue weighted by atomic mass is 16.5. The summed E-state index contributed by atoms with van der Waals surface area (Å²) in [4.78, 5) is 31.8. The molecule has 3 aromatic rings. The van der Waals surface area contributed by atoms with E-state index in [1.807, 2.05) is 4.90 Å². The lowest BCUT2D eigenvalue weighted by Crippen LogP contribution is -2.38. The van der Waals surface area contributed by atoms with Crippen molar-refractivity contribution in [2.45, 2.75) is 0 Å². The number of aromatic nitrogens is 1. The topological polar surface area (TPSA) is 92.8 Å². The number of carbonyl (C=O) groups excluding carboxylic acids is 2. The number of anilines is 3. The van der Waals surface area contributed by atoms with Crippen LogP contribution >= 0.6 is 0 Å². The van der Waals surface area contributed by atoms with Gasteiger partial charge in [-0.15, -0.1) is 0 Å². The van der Waals surface area contributed by atoms with E-state index in [4.69, 9.17) is 9.47 Å². The molecule has 0 bridgehead atoms. The average molecular weight is 432 g/mol. The smallest absolute Gasteiger partial charge is 0.259 e. The van der Waals surface area contributed by atoms with Gasteiger partial charge in [0.15, 0.2) is 0 Å². The second-order valence-corrected chi connectivity index (χ2v) is 7.19. The monoisotopic (exact) mass is 432 g/mol. The van der Waals surface area contributed by atoms with Gasteiger partial charge in [0.25, 0.3) is 11.8 Å². The molecule has 0 radical (unpaired) electrons. The maximum Gasteiger partial charge on any atom is 0.259 e. The zero-order valence-electron chi connectivity index (χ0n) is 17.7. The van der Waals surface area contributed by atoms with Gasteiger partial charge < -0.3 is 25.0 Å². The number of pyridine rings is 1. The maximum atomic E-state index is 12.9. The van der Waals surface area contributed by atoms with Gasteiger partial charge in [0.05, 0.1) is 25.9 Å². The van der Waals surface area contributed by atoms with Crippen molar-refractivity contribution in [1.29, 1.82) is 0 Å². The minimum absolute atomic E-state index is 0.241. The summed E-state index contributed by atoms with van der Waals surface area (Å²) in [7, 11) is 1.59. The van der Waals surface area contributed by atoms with Crippen LogP contribution in [0.25, 0.3) is 0 Å². The summed E-state index contributed by atoms with van der Waals surface area (Å²) in [6.45, 7) is 2.60. The molecule has 1 aliphatic rings. The molecule has 0 atom stereocenters. The number of ether oxygens (including phenoxy) is 2. The van der Waals surface area contributed by atoms with E-state index in [9.17, 15) is 9.59 Å². The Bertz CT molecular complexity index is 1080. The third-order valence-corrected chi connectivity index (χ3v) is 5.09. The molecule has 1 saturated heterocycles. The summed E-state index contributed by atoms with van der Waals surface area (Å²) >= 11 is 0. The van der Waals surface area contributed by atoms with E-state index in [2.05, 4.69) is 15.6 Å². The molecule has 32 heavy (non-hydrogen) atoms. The third kappa shape index (κ3) is 5.04. The molecule has 164 valence electrons. The van der Waals surface area contributed by atoms with E-state index in [-0.39, 0.29) is 11.8 Å². The van der Waals surface area contributed by atoms with Gasteiger partial charge in [0, 0.05) is 36.2 Å². The van der Waals surface area contributed by atoms with Crippen molar-refractivity contribution in [1.82, 2.24) is 4.98 Å². The molecule has 1 aromatic heterocycles. The molecule has 0 unspecified atom stereocenters. The van der Waals surface area contributed by atoms with Crippen molar-refractivity contribution in [3.05, 3.63) is 78.0 Å². The van der Waals surface area contributed by atoms with Gasteiger partial charge in [-0.2, -0.15) is 0 Å². The summed E-state index contributed by atoms with van der Waals surface area (Å²) in [5, 5.41) is 5.72. The summed E-state index contributed by atoms with van der Waals surface area (Å²) in [5.41, 5.74) is 2.23. The Morgan fingerprint density at radius 3 is 2.19 bits per heavy atom. The Kier molecular flexibility index (Phi) is 6.62. The van der Waals surface area contributed by atoms with Gasteiger partial charge in [-0.05, 0) is 60.7 Å². The predicted molar refractivity (Wildman–Crippen MR) is 123 cm³/mol. The van der Waals surface area contributed by atoms with Crippen LogP contribution in [0.2, 0.25) is 0 Å². The number of amides is 2. The van der Waals surface area contributed by atoms with Crippen LogP contribution in [-0.2, 0) is 4.74 Å². The summed E-state index contributed by atoms with van der Waals surface area (Å²) in [6, 6.07) is 17.3. The van der Waals surface area contributed by atoms with Crippen LogP contribution in [0, 0.1) is 0 Å². The summed E-state index contributed by atoms with van der Waals surface area (Å²) in [6.07, 6.45) is 1.68. The minimum Gasteiger partial charge on any atom is -0.497 e. The van der Waals surface area contributed by atoms with Crippen LogP contribution in [0.3, 0.4) is 0 Å². The van der Waals surface area contributed by atoms with Crippen LogP contribution in [-0.4, -0.2) is 50.2 Å². The highest BCUT2D eigenvalue weighted by Gasteiger charge is 2.20. The predicted octanol–water partition coefficient (Wildman–Crippen LogP) is 3.43. The molecule has 0 spiro atoms. The zero-order valence-corrected chi connectivity index (χ0v) is 17.7. The van der Waals surface area contributed by atoms with Crippen LogP contribution < -0.4 is 20.3 Å². The van der Waals surface area contributed by atoms with Crippen molar-refractivity contribution in [3.63, 3.8) is 0 Å². The second-order valence-electron chi connectivity index (χ2n) is 7.19. The quantitative estimate of drug-likeness (QED) is 0.620. The SMILES string of the molecule is COc1ccc(NC(=O)c2ccc(NC(=O)c3cccnc3N3CCOCC3)cc2)cc1. The van der Waals surface area contributed by atoms with Gasteiger partial charge in [0.2, 0.25) is 0 Å². The summed E-state index contributed by atoms with van der Waals surface area (Å²) < 4.78 is 10.5. The Balaban J connectivity index is 1.41. The first-order valence-electron chi connectivity index (χ1n) is 10.3. The highest BCUT2D eigenvalue weighted by Crippen LogP contribution is 2.21. The molecule has 4 rings (SSSR count). The van der Waals surface area contributed by atoms with E-state index in [1.165, 1.54) is 0 Å². The van der Waals surface area contributed by atoms with E-state index < -0.39 is 0 Å². The molecule has 0 saturated carbocycles. The van der Waals surface area contributed by atoms with Gasteiger partial charge in [-0.3, -0.25) is 9.59 Å². The fraction of sp³-hybridized carbons (Fsp3) is 0.208. The normalized spacial score (nSPS) is 13.3. The van der Waals surface area contributed by atoms with E-state index in [0.29, 0.717) is 60.4 Å². The molecular formula is C24H24N4O4. The summed E-state index contributed by atoms with van der Waals surface area (Å²) in [5.74, 6) is 0.863. The van der Waals surface area contributed by atoms with Gasteiger partial charge in [0.1, 0.15) is 11.6 Å². The van der Waals surface area contributed by atoms with Crippen molar-refractivity contribution in [2.75, 3.05) is 48.9 Å². The highest BCUT2D eigenvalue weighted by molar-refractivity contribution is 6.08. The lowest BCUT2D eigenvalue weighted by molar-refractivity contribution is 0.101. The van der Waals surface area contributed by atoms with Crippen LogP contribution in [0.4, 0.5) is 17.2 Å². The number of methoxy groups -OCH3 is 1. The molecule has 8 nitrogen and oxygen atoms in total. The number of hydrogen-bond donors (Lipinski definition) is 2. The average Bonchev–Trinajstić information content (AvgIpc) is 2.85. The largest absolute Gasteiger partial charge is 0.497 e. The minimum atomic E-state index is -0.255. The first-order valence-corrected chi connectivity index (χ1v) is 10.3. The number of nitrogens with one attached hydrogen (secondary N) is 2. The maximum absolute atomic E-state index is 12.9. The molecule has 1 aliphatic heterocycles. The van der Waals surface area contributed by atoms with Gasteiger partial charge in [-0.25, -0.2) is 4.98 Å². The third-order valence-electron chi connectivity index (χ3n) is 5.09.